The molecule has 1 aromatic carbocycles. The minimum atomic E-state index is -3.72. The van der Waals surface area contributed by atoms with E-state index in [2.05, 4.69) is 26.1 Å². The van der Waals surface area contributed by atoms with E-state index in [1.807, 2.05) is 0 Å². The van der Waals surface area contributed by atoms with Crippen molar-refractivity contribution in [1.29, 1.82) is 0 Å². The quantitative estimate of drug-likeness (QED) is 0.536. The third kappa shape index (κ3) is 5.74. The van der Waals surface area contributed by atoms with Crippen molar-refractivity contribution >= 4 is 44.1 Å². The molecule has 1 saturated carbocycles. The van der Waals surface area contributed by atoms with Gasteiger partial charge in [-0.15, -0.1) is 11.3 Å². The number of anilines is 1. The molecule has 2 unspecified atom stereocenters. The fourth-order valence-electron chi connectivity index (χ4n) is 7.69. The van der Waals surface area contributed by atoms with Crippen LogP contribution in [0.15, 0.2) is 29.2 Å². The molecule has 10 nitrogen and oxygen atoms in total. The molecule has 2 bridgehead atoms. The van der Waals surface area contributed by atoms with Crippen LogP contribution in [-0.2, 0) is 32.5 Å². The number of morpholine rings is 1. The molecule has 43 heavy (non-hydrogen) atoms. The second-order valence-corrected chi connectivity index (χ2v) is 16.5. The van der Waals surface area contributed by atoms with Gasteiger partial charge in [0.15, 0.2) is 0 Å². The number of ether oxygens (including phenoxy) is 1. The van der Waals surface area contributed by atoms with Crippen LogP contribution in [0.25, 0.3) is 0 Å². The highest BCUT2D eigenvalue weighted by atomic mass is 32.2. The molecular formula is C31H40N4O6S2. The molecule has 1 aromatic heterocycles. The smallest absolute Gasteiger partial charge is 0.257 e. The fourth-order valence-corrected chi connectivity index (χ4v) is 10.7. The van der Waals surface area contributed by atoms with Gasteiger partial charge < -0.3 is 19.9 Å². The Labute approximate surface area is 257 Å². The largest absolute Gasteiger partial charge is 0.378 e. The van der Waals surface area contributed by atoms with E-state index < -0.39 is 15.9 Å². The predicted octanol–water partition coefficient (Wildman–Crippen LogP) is 3.97. The molecule has 3 aliphatic heterocycles. The Bertz CT molecular complexity index is 1560. The van der Waals surface area contributed by atoms with E-state index in [1.165, 1.54) is 42.5 Å². The van der Waals surface area contributed by atoms with E-state index in [0.29, 0.717) is 68.5 Å². The van der Waals surface area contributed by atoms with Crippen LogP contribution in [-0.4, -0.2) is 85.7 Å². The summed E-state index contributed by atoms with van der Waals surface area (Å²) in [5, 5.41) is 3.40. The van der Waals surface area contributed by atoms with Crippen LogP contribution in [0.2, 0.25) is 0 Å². The molecular weight excluding hydrogens is 588 g/mol. The van der Waals surface area contributed by atoms with Gasteiger partial charge in [0.2, 0.25) is 15.9 Å². The van der Waals surface area contributed by atoms with Crippen LogP contribution >= 0.6 is 11.3 Å². The molecule has 2 atom stereocenters. The SMILES string of the molecule is CC(=O)N1CCc2c(sc(NC(=O)c3ccc(S(=O)(=O)N4CC5(C)CC4CC(C)(C)C5)cc3)c2C(=O)N2CCOCC2)C1. The van der Waals surface area contributed by atoms with Crippen molar-refractivity contribution in [2.75, 3.05) is 44.7 Å². The maximum absolute atomic E-state index is 13.7. The average Bonchev–Trinajstić information content (AvgIpc) is 3.45. The molecule has 4 aliphatic rings. The van der Waals surface area contributed by atoms with Gasteiger partial charge in [-0.2, -0.15) is 4.31 Å². The lowest BCUT2D eigenvalue weighted by atomic mass is 9.65. The highest BCUT2D eigenvalue weighted by Crippen LogP contribution is 2.53. The number of carbonyl (C=O) groups is 3. The lowest BCUT2D eigenvalue weighted by molar-refractivity contribution is -0.129. The maximum atomic E-state index is 13.7. The van der Waals surface area contributed by atoms with Crippen LogP contribution < -0.4 is 5.32 Å². The molecule has 2 aromatic rings. The molecule has 1 N–H and O–H groups in total. The Morgan fingerprint density at radius 3 is 2.37 bits per heavy atom. The number of amides is 3. The van der Waals surface area contributed by atoms with E-state index in [-0.39, 0.29) is 33.6 Å². The van der Waals surface area contributed by atoms with Crippen molar-refractivity contribution in [1.82, 2.24) is 14.1 Å². The first-order chi connectivity index (χ1) is 20.3. The number of benzene rings is 1. The Morgan fingerprint density at radius 1 is 1.00 bits per heavy atom. The molecule has 3 amide bonds. The van der Waals surface area contributed by atoms with Crippen molar-refractivity contribution in [2.45, 2.75) is 70.9 Å². The van der Waals surface area contributed by atoms with Crippen molar-refractivity contribution in [3.05, 3.63) is 45.8 Å². The van der Waals surface area contributed by atoms with Crippen LogP contribution in [0.4, 0.5) is 5.00 Å². The van der Waals surface area contributed by atoms with Gasteiger partial charge in [-0.1, -0.05) is 20.8 Å². The summed E-state index contributed by atoms with van der Waals surface area (Å²) in [6.45, 7) is 11.4. The monoisotopic (exact) mass is 628 g/mol. The van der Waals surface area contributed by atoms with Crippen molar-refractivity contribution in [3.8, 4) is 0 Å². The molecule has 1 aliphatic carbocycles. The predicted molar refractivity (Wildman–Crippen MR) is 164 cm³/mol. The Hall–Kier alpha value is -2.80. The van der Waals surface area contributed by atoms with Crippen LogP contribution in [0, 0.1) is 10.8 Å². The second-order valence-electron chi connectivity index (χ2n) is 13.5. The summed E-state index contributed by atoms with van der Waals surface area (Å²) in [7, 11) is -3.72. The first-order valence-corrected chi connectivity index (χ1v) is 17.2. The summed E-state index contributed by atoms with van der Waals surface area (Å²) in [5.74, 6) is -0.606. The first-order valence-electron chi connectivity index (χ1n) is 15.0. The third-order valence-electron chi connectivity index (χ3n) is 9.33. The van der Waals surface area contributed by atoms with Gasteiger partial charge in [0.1, 0.15) is 5.00 Å². The number of rotatable bonds is 5. The summed E-state index contributed by atoms with van der Waals surface area (Å²) in [5.41, 5.74) is 1.72. The summed E-state index contributed by atoms with van der Waals surface area (Å²) in [4.78, 5) is 43.7. The molecule has 0 radical (unpaired) electrons. The summed E-state index contributed by atoms with van der Waals surface area (Å²) >= 11 is 1.32. The zero-order valence-electron chi connectivity index (χ0n) is 25.3. The summed E-state index contributed by atoms with van der Waals surface area (Å²) < 4.78 is 34.5. The maximum Gasteiger partial charge on any atom is 0.257 e. The topological polar surface area (TPSA) is 116 Å². The minimum Gasteiger partial charge on any atom is -0.378 e. The molecule has 2 saturated heterocycles. The number of hydrogen-bond acceptors (Lipinski definition) is 7. The van der Waals surface area contributed by atoms with Crippen LogP contribution in [0.3, 0.4) is 0 Å². The Balaban J connectivity index is 1.24. The van der Waals surface area contributed by atoms with Gasteiger partial charge in [-0.3, -0.25) is 14.4 Å². The molecule has 232 valence electrons. The van der Waals surface area contributed by atoms with E-state index in [4.69, 9.17) is 4.74 Å². The molecule has 0 spiro atoms. The Kier molecular flexibility index (Phi) is 7.72. The lowest BCUT2D eigenvalue weighted by Gasteiger charge is -2.39. The second kappa shape index (κ2) is 11.0. The standard InChI is InChI=1S/C31H40N4O6S2/c1-20(36)34-10-9-24-25(17-34)42-28(26(24)29(38)33-11-13-41-14-12-33)32-27(37)21-5-7-23(8-6-21)43(39,40)35-19-31(4)16-22(35)15-30(2,3)18-31/h5-8,22H,9-19H2,1-4H3,(H,32,37). The van der Waals surface area contributed by atoms with Crippen molar-refractivity contribution in [3.63, 3.8) is 0 Å². The molecule has 6 rings (SSSR count). The Morgan fingerprint density at radius 2 is 1.70 bits per heavy atom. The van der Waals surface area contributed by atoms with Gasteiger partial charge in [0.25, 0.3) is 11.8 Å². The number of carbonyl (C=O) groups excluding carboxylic acids is 3. The zero-order chi connectivity index (χ0) is 30.7. The van der Waals surface area contributed by atoms with Gasteiger partial charge >= 0.3 is 0 Å². The molecule has 3 fully saturated rings. The number of nitrogens with one attached hydrogen (secondary N) is 1. The van der Waals surface area contributed by atoms with E-state index in [0.717, 1.165) is 29.7 Å². The first kappa shape index (κ1) is 30.2. The number of fused-ring (bicyclic) bond motifs is 3. The normalized spacial score (nSPS) is 25.3. The van der Waals surface area contributed by atoms with E-state index in [9.17, 15) is 22.8 Å². The number of sulfonamides is 1. The molecule has 12 heteroatoms. The van der Waals surface area contributed by atoms with Crippen molar-refractivity contribution < 1.29 is 27.5 Å². The summed E-state index contributed by atoms with van der Waals surface area (Å²) in [6, 6.07) is 6.05. The van der Waals surface area contributed by atoms with Crippen LogP contribution in [0.5, 0.6) is 0 Å². The highest BCUT2D eigenvalue weighted by Gasteiger charge is 2.53. The minimum absolute atomic E-state index is 0.0204. The fraction of sp³-hybridized carbons (Fsp3) is 0.581. The number of nitrogens with zero attached hydrogens (tertiary/aromatic N) is 3. The summed E-state index contributed by atoms with van der Waals surface area (Å²) in [6.07, 6.45) is 3.24. The van der Waals surface area contributed by atoms with Gasteiger partial charge in [-0.05, 0) is 66.3 Å². The molecule has 4 heterocycles. The van der Waals surface area contributed by atoms with Gasteiger partial charge in [0.05, 0.1) is 30.2 Å². The van der Waals surface area contributed by atoms with Crippen LogP contribution in [0.1, 0.15) is 78.1 Å². The zero-order valence-corrected chi connectivity index (χ0v) is 26.9. The average molecular weight is 629 g/mol. The van der Waals surface area contributed by atoms with Gasteiger partial charge in [-0.25, -0.2) is 8.42 Å². The van der Waals surface area contributed by atoms with Crippen molar-refractivity contribution in [2.24, 2.45) is 10.8 Å². The third-order valence-corrected chi connectivity index (χ3v) is 12.4. The van der Waals surface area contributed by atoms with E-state index in [1.54, 1.807) is 14.1 Å². The lowest BCUT2D eigenvalue weighted by Crippen LogP contribution is -2.41. The van der Waals surface area contributed by atoms with Gasteiger partial charge in [0, 0.05) is 49.6 Å². The number of thiophene rings is 1. The number of hydrogen-bond donors (Lipinski definition) is 1. The highest BCUT2D eigenvalue weighted by molar-refractivity contribution is 7.89. The van der Waals surface area contributed by atoms with E-state index >= 15 is 0 Å².